The van der Waals surface area contributed by atoms with Crippen LogP contribution in [0.5, 0.6) is 5.75 Å². The molecule has 0 unspecified atom stereocenters. The molecule has 2 rings (SSSR count). The van der Waals surface area contributed by atoms with Crippen molar-refractivity contribution in [3.05, 3.63) is 48.0 Å². The van der Waals surface area contributed by atoms with Gasteiger partial charge in [0.1, 0.15) is 5.75 Å². The zero-order valence-corrected chi connectivity index (χ0v) is 11.2. The van der Waals surface area contributed by atoms with Crippen LogP contribution in [-0.4, -0.2) is 14.2 Å². The molecule has 0 fully saturated rings. The van der Waals surface area contributed by atoms with E-state index in [2.05, 4.69) is 48.6 Å². The highest BCUT2D eigenvalue weighted by Crippen LogP contribution is 2.32. The molecule has 0 heterocycles. The van der Waals surface area contributed by atoms with Crippen LogP contribution in [0.15, 0.2) is 42.5 Å². The van der Waals surface area contributed by atoms with Crippen LogP contribution in [0.2, 0.25) is 0 Å². The molecule has 18 heavy (non-hydrogen) atoms. The number of rotatable bonds is 4. The van der Waals surface area contributed by atoms with Gasteiger partial charge in [-0.15, -0.1) is 0 Å². The Morgan fingerprint density at radius 2 is 1.94 bits per heavy atom. The van der Waals surface area contributed by atoms with Crippen molar-refractivity contribution in [1.29, 1.82) is 0 Å². The molecule has 0 radical (unpaired) electrons. The van der Waals surface area contributed by atoms with E-state index >= 15 is 0 Å². The van der Waals surface area contributed by atoms with Crippen molar-refractivity contribution in [1.82, 2.24) is 0 Å². The second-order valence-electron chi connectivity index (χ2n) is 4.22. The van der Waals surface area contributed by atoms with Crippen molar-refractivity contribution in [2.75, 3.05) is 19.5 Å². The lowest BCUT2D eigenvalue weighted by Gasteiger charge is -2.11. The normalized spacial score (nSPS) is 10.2. The van der Waals surface area contributed by atoms with Gasteiger partial charge in [0.15, 0.2) is 0 Å². The second-order valence-corrected chi connectivity index (χ2v) is 4.22. The predicted molar refractivity (Wildman–Crippen MR) is 77.4 cm³/mol. The highest BCUT2D eigenvalue weighted by Gasteiger charge is 2.07. The maximum Gasteiger partial charge on any atom is 0.126 e. The first-order valence-corrected chi connectivity index (χ1v) is 6.23. The highest BCUT2D eigenvalue weighted by molar-refractivity contribution is 5.74. The largest absolute Gasteiger partial charge is 0.496 e. The number of hydrogen-bond acceptors (Lipinski definition) is 2. The lowest BCUT2D eigenvalue weighted by molar-refractivity contribution is 0.416. The molecule has 2 nitrogen and oxygen atoms in total. The lowest BCUT2D eigenvalue weighted by atomic mass is 10.0. The minimum absolute atomic E-state index is 0.917. The molecule has 0 saturated carbocycles. The molecule has 0 aromatic heterocycles. The quantitative estimate of drug-likeness (QED) is 0.874. The average Bonchev–Trinajstić information content (AvgIpc) is 2.46. The third-order valence-electron chi connectivity index (χ3n) is 3.13. The van der Waals surface area contributed by atoms with Crippen molar-refractivity contribution in [3.63, 3.8) is 0 Å². The third-order valence-corrected chi connectivity index (χ3v) is 3.13. The number of methoxy groups -OCH3 is 1. The van der Waals surface area contributed by atoms with Gasteiger partial charge in [0.2, 0.25) is 0 Å². The third kappa shape index (κ3) is 2.48. The fourth-order valence-electron chi connectivity index (χ4n) is 2.04. The van der Waals surface area contributed by atoms with E-state index in [4.69, 9.17) is 4.74 Å². The number of ether oxygens (including phenoxy) is 1. The van der Waals surface area contributed by atoms with Gasteiger partial charge in [0, 0.05) is 18.3 Å². The fraction of sp³-hybridized carbons (Fsp3) is 0.250. The summed E-state index contributed by atoms with van der Waals surface area (Å²) in [4.78, 5) is 0. The van der Waals surface area contributed by atoms with E-state index < -0.39 is 0 Å². The van der Waals surface area contributed by atoms with Crippen molar-refractivity contribution in [2.45, 2.75) is 13.3 Å². The standard InChI is InChI=1S/C16H19NO/c1-4-12-8-9-16(18-3)15(10-12)13-6-5-7-14(11-13)17-2/h5-11,17H,4H2,1-3H3. The Labute approximate surface area is 109 Å². The van der Waals surface area contributed by atoms with Gasteiger partial charge >= 0.3 is 0 Å². The molecule has 0 aliphatic rings. The zero-order chi connectivity index (χ0) is 13.0. The summed E-state index contributed by atoms with van der Waals surface area (Å²) in [5, 5.41) is 3.16. The fourth-order valence-corrected chi connectivity index (χ4v) is 2.04. The molecular weight excluding hydrogens is 222 g/mol. The smallest absolute Gasteiger partial charge is 0.126 e. The van der Waals surface area contributed by atoms with Gasteiger partial charge in [0.05, 0.1) is 7.11 Å². The molecular formula is C16H19NO. The maximum absolute atomic E-state index is 5.45. The summed E-state index contributed by atoms with van der Waals surface area (Å²) in [5.74, 6) is 0.917. The summed E-state index contributed by atoms with van der Waals surface area (Å²) >= 11 is 0. The molecule has 2 aromatic carbocycles. The van der Waals surface area contributed by atoms with Crippen molar-refractivity contribution in [2.24, 2.45) is 0 Å². The molecule has 0 atom stereocenters. The molecule has 0 aliphatic heterocycles. The number of anilines is 1. The molecule has 0 saturated heterocycles. The number of hydrogen-bond donors (Lipinski definition) is 1. The Bertz CT molecular complexity index is 534. The zero-order valence-electron chi connectivity index (χ0n) is 11.2. The average molecular weight is 241 g/mol. The van der Waals surface area contributed by atoms with Crippen LogP contribution in [0.1, 0.15) is 12.5 Å². The summed E-state index contributed by atoms with van der Waals surface area (Å²) in [7, 11) is 3.64. The van der Waals surface area contributed by atoms with Gasteiger partial charge in [-0.1, -0.05) is 25.1 Å². The summed E-state index contributed by atoms with van der Waals surface area (Å²) < 4.78 is 5.45. The minimum Gasteiger partial charge on any atom is -0.496 e. The Morgan fingerprint density at radius 1 is 1.11 bits per heavy atom. The number of aryl methyl sites for hydroxylation is 1. The van der Waals surface area contributed by atoms with E-state index in [0.29, 0.717) is 0 Å². The highest BCUT2D eigenvalue weighted by atomic mass is 16.5. The summed E-state index contributed by atoms with van der Waals surface area (Å²) in [6.45, 7) is 2.16. The van der Waals surface area contributed by atoms with E-state index in [1.165, 1.54) is 11.1 Å². The molecule has 94 valence electrons. The van der Waals surface area contributed by atoms with Crippen LogP contribution < -0.4 is 10.1 Å². The van der Waals surface area contributed by atoms with E-state index in [-0.39, 0.29) is 0 Å². The Hall–Kier alpha value is -1.96. The molecule has 0 spiro atoms. The summed E-state index contributed by atoms with van der Waals surface area (Å²) in [6, 6.07) is 14.7. The van der Waals surface area contributed by atoms with Gasteiger partial charge < -0.3 is 10.1 Å². The van der Waals surface area contributed by atoms with Crippen LogP contribution in [0.4, 0.5) is 5.69 Å². The van der Waals surface area contributed by atoms with Gasteiger partial charge in [-0.05, 0) is 41.8 Å². The van der Waals surface area contributed by atoms with Crippen LogP contribution in [-0.2, 0) is 6.42 Å². The van der Waals surface area contributed by atoms with E-state index in [9.17, 15) is 0 Å². The summed E-state index contributed by atoms with van der Waals surface area (Å²) in [6.07, 6.45) is 1.03. The van der Waals surface area contributed by atoms with E-state index in [1.54, 1.807) is 7.11 Å². The van der Waals surface area contributed by atoms with Crippen LogP contribution in [0.25, 0.3) is 11.1 Å². The second kappa shape index (κ2) is 5.58. The van der Waals surface area contributed by atoms with Gasteiger partial charge in [-0.25, -0.2) is 0 Å². The predicted octanol–water partition coefficient (Wildman–Crippen LogP) is 3.97. The van der Waals surface area contributed by atoms with Gasteiger partial charge in [0.25, 0.3) is 0 Å². The molecule has 1 N–H and O–H groups in total. The topological polar surface area (TPSA) is 21.3 Å². The van der Waals surface area contributed by atoms with Crippen LogP contribution in [0.3, 0.4) is 0 Å². The Balaban J connectivity index is 2.53. The lowest BCUT2D eigenvalue weighted by Crippen LogP contribution is -1.92. The Morgan fingerprint density at radius 3 is 2.61 bits per heavy atom. The first-order chi connectivity index (χ1) is 8.78. The first kappa shape index (κ1) is 12.5. The SMILES string of the molecule is CCc1ccc(OC)c(-c2cccc(NC)c2)c1. The molecule has 2 heteroatoms. The van der Waals surface area contributed by atoms with Gasteiger partial charge in [-0.3, -0.25) is 0 Å². The van der Waals surface area contributed by atoms with E-state index in [1.807, 2.05) is 13.1 Å². The number of benzene rings is 2. The van der Waals surface area contributed by atoms with Crippen LogP contribution in [0, 0.1) is 0 Å². The Kier molecular flexibility index (Phi) is 3.88. The van der Waals surface area contributed by atoms with Crippen LogP contribution >= 0.6 is 0 Å². The maximum atomic E-state index is 5.45. The van der Waals surface area contributed by atoms with Gasteiger partial charge in [-0.2, -0.15) is 0 Å². The molecule has 2 aromatic rings. The molecule has 0 bridgehead atoms. The monoisotopic (exact) mass is 241 g/mol. The minimum atomic E-state index is 0.917. The van der Waals surface area contributed by atoms with Crippen molar-refractivity contribution in [3.8, 4) is 16.9 Å². The number of nitrogens with one attached hydrogen (secondary N) is 1. The molecule has 0 amide bonds. The first-order valence-electron chi connectivity index (χ1n) is 6.23. The van der Waals surface area contributed by atoms with Crippen molar-refractivity contribution >= 4 is 5.69 Å². The summed E-state index contributed by atoms with van der Waals surface area (Å²) in [5.41, 5.74) is 4.75. The van der Waals surface area contributed by atoms with E-state index in [0.717, 1.165) is 23.4 Å². The van der Waals surface area contributed by atoms with Crippen molar-refractivity contribution < 1.29 is 4.74 Å². The molecule has 0 aliphatic carbocycles.